The number of carbonyl (C=O) groups is 2. The van der Waals surface area contributed by atoms with Gasteiger partial charge in [-0.25, -0.2) is 0 Å². The lowest BCUT2D eigenvalue weighted by Gasteiger charge is -2.33. The third-order valence-electron chi connectivity index (χ3n) is 6.15. The minimum absolute atomic E-state index is 0.168. The summed E-state index contributed by atoms with van der Waals surface area (Å²) in [5.41, 5.74) is 2.41. The average Bonchev–Trinajstić information content (AvgIpc) is 3.31. The molecule has 1 atom stereocenters. The Bertz CT molecular complexity index is 1230. The van der Waals surface area contributed by atoms with Crippen LogP contribution in [0.15, 0.2) is 48.7 Å². The van der Waals surface area contributed by atoms with E-state index in [1.54, 1.807) is 60.7 Å². The van der Waals surface area contributed by atoms with Crippen molar-refractivity contribution in [3.05, 3.63) is 70.5 Å². The molecule has 4 rings (SSSR count). The van der Waals surface area contributed by atoms with E-state index in [2.05, 4.69) is 17.3 Å². The van der Waals surface area contributed by atoms with Crippen molar-refractivity contribution in [1.82, 2.24) is 15.1 Å². The number of nitrogens with one attached hydrogen (secondary N) is 1. The van der Waals surface area contributed by atoms with E-state index in [0.717, 1.165) is 18.5 Å². The van der Waals surface area contributed by atoms with Crippen LogP contribution in [0.3, 0.4) is 0 Å². The molecule has 0 saturated heterocycles. The van der Waals surface area contributed by atoms with Crippen LogP contribution in [0.2, 0.25) is 5.02 Å². The lowest BCUT2D eigenvalue weighted by molar-refractivity contribution is 0.0931. The van der Waals surface area contributed by atoms with Crippen molar-refractivity contribution in [3.63, 3.8) is 0 Å². The topological polar surface area (TPSA) is 85.7 Å². The van der Waals surface area contributed by atoms with E-state index in [0.29, 0.717) is 52.8 Å². The Hall–Kier alpha value is -3.52. The molecule has 9 heteroatoms. The largest absolute Gasteiger partial charge is 0.493 e. The molecule has 0 radical (unpaired) electrons. The Kier molecular flexibility index (Phi) is 7.60. The molecule has 1 unspecified atom stereocenters. The minimum atomic E-state index is -0.303. The van der Waals surface area contributed by atoms with E-state index in [1.807, 2.05) is 4.68 Å². The molecule has 2 amide bonds. The number of amides is 2. The van der Waals surface area contributed by atoms with Crippen LogP contribution < -0.4 is 19.7 Å². The standard InChI is InChI=1S/C26H29ClN4O4/c1-4-5-13-31-24-20(29-25(32)18-8-6-7-9-19(18)27)12-14-30(21(24)16-28-31)26(33)17-10-11-22(34-2)23(15-17)35-3/h6-11,15-16,20H,4-5,12-14H2,1-3H3,(H,29,32). The lowest BCUT2D eigenvalue weighted by atomic mass is 10.0. The molecule has 0 aliphatic carbocycles. The minimum Gasteiger partial charge on any atom is -0.493 e. The van der Waals surface area contributed by atoms with Crippen LogP contribution >= 0.6 is 11.6 Å². The molecule has 0 fully saturated rings. The number of aromatic nitrogens is 2. The molecule has 8 nitrogen and oxygen atoms in total. The second kappa shape index (κ2) is 10.8. The van der Waals surface area contributed by atoms with Crippen molar-refractivity contribution >= 4 is 29.1 Å². The van der Waals surface area contributed by atoms with E-state index in [4.69, 9.17) is 21.1 Å². The third kappa shape index (κ3) is 4.98. The van der Waals surface area contributed by atoms with Gasteiger partial charge in [-0.3, -0.25) is 14.3 Å². The Morgan fingerprint density at radius 1 is 1.14 bits per heavy atom. The summed E-state index contributed by atoms with van der Waals surface area (Å²) in [6.07, 6.45) is 4.18. The second-order valence-corrected chi connectivity index (χ2v) is 8.72. The average molecular weight is 497 g/mol. The highest BCUT2D eigenvalue weighted by Crippen LogP contribution is 2.36. The van der Waals surface area contributed by atoms with Crippen molar-refractivity contribution in [2.24, 2.45) is 0 Å². The van der Waals surface area contributed by atoms with Crippen molar-refractivity contribution < 1.29 is 19.1 Å². The van der Waals surface area contributed by atoms with Gasteiger partial charge >= 0.3 is 0 Å². The van der Waals surface area contributed by atoms with Crippen LogP contribution in [0.25, 0.3) is 0 Å². The number of unbranched alkanes of at least 4 members (excludes halogenated alkanes) is 1. The number of nitrogens with zero attached hydrogens (tertiary/aromatic N) is 3. The van der Waals surface area contributed by atoms with E-state index >= 15 is 0 Å². The van der Waals surface area contributed by atoms with Gasteiger partial charge in [0.05, 0.1) is 48.4 Å². The molecule has 1 aromatic heterocycles. The SMILES string of the molecule is CCCCn1ncc2c1C(NC(=O)c1ccccc1Cl)CCN2C(=O)c1ccc(OC)c(OC)c1. The number of benzene rings is 2. The number of anilines is 1. The van der Waals surface area contributed by atoms with Crippen LogP contribution in [-0.2, 0) is 6.54 Å². The monoisotopic (exact) mass is 496 g/mol. The number of halogens is 1. The summed E-state index contributed by atoms with van der Waals surface area (Å²) in [6, 6.07) is 11.8. The Morgan fingerprint density at radius 2 is 1.91 bits per heavy atom. The van der Waals surface area contributed by atoms with Gasteiger partial charge in [0.25, 0.3) is 11.8 Å². The predicted molar refractivity (Wildman–Crippen MR) is 135 cm³/mol. The molecular weight excluding hydrogens is 468 g/mol. The number of hydrogen-bond acceptors (Lipinski definition) is 5. The van der Waals surface area contributed by atoms with Crippen LogP contribution in [0.5, 0.6) is 11.5 Å². The molecule has 2 heterocycles. The van der Waals surface area contributed by atoms with E-state index < -0.39 is 0 Å². The summed E-state index contributed by atoms with van der Waals surface area (Å²) in [5.74, 6) is 0.616. The number of ether oxygens (including phenoxy) is 2. The van der Waals surface area contributed by atoms with Gasteiger partial charge in [-0.05, 0) is 43.2 Å². The first-order valence-corrected chi connectivity index (χ1v) is 12.0. The molecule has 0 bridgehead atoms. The van der Waals surface area contributed by atoms with Gasteiger partial charge in [-0.1, -0.05) is 37.1 Å². The Morgan fingerprint density at radius 3 is 2.63 bits per heavy atom. The number of carbonyl (C=O) groups excluding carboxylic acids is 2. The van der Waals surface area contributed by atoms with E-state index in [-0.39, 0.29) is 17.9 Å². The number of fused-ring (bicyclic) bond motifs is 1. The number of rotatable bonds is 8. The summed E-state index contributed by atoms with van der Waals surface area (Å²) >= 11 is 6.24. The zero-order valence-corrected chi connectivity index (χ0v) is 20.8. The van der Waals surface area contributed by atoms with Gasteiger partial charge in [-0.2, -0.15) is 5.10 Å². The maximum Gasteiger partial charge on any atom is 0.258 e. The normalized spacial score (nSPS) is 14.9. The molecule has 35 heavy (non-hydrogen) atoms. The number of methoxy groups -OCH3 is 2. The maximum atomic E-state index is 13.5. The first-order chi connectivity index (χ1) is 17.0. The molecule has 0 saturated carbocycles. The molecule has 1 aliphatic heterocycles. The van der Waals surface area contributed by atoms with Gasteiger partial charge in [0.2, 0.25) is 0 Å². The smallest absolute Gasteiger partial charge is 0.258 e. The van der Waals surface area contributed by atoms with Crippen molar-refractivity contribution in [3.8, 4) is 11.5 Å². The molecular formula is C26H29ClN4O4. The van der Waals surface area contributed by atoms with Gasteiger partial charge in [-0.15, -0.1) is 0 Å². The third-order valence-corrected chi connectivity index (χ3v) is 6.47. The van der Waals surface area contributed by atoms with Crippen LogP contribution in [-0.4, -0.2) is 42.4 Å². The van der Waals surface area contributed by atoms with Crippen LogP contribution in [0.1, 0.15) is 58.6 Å². The molecule has 0 spiro atoms. The fraction of sp³-hybridized carbons (Fsp3) is 0.346. The summed E-state index contributed by atoms with van der Waals surface area (Å²) in [5, 5.41) is 8.07. The fourth-order valence-electron chi connectivity index (χ4n) is 4.31. The Labute approximate surface area is 209 Å². The molecule has 184 valence electrons. The van der Waals surface area contributed by atoms with Gasteiger partial charge < -0.3 is 19.7 Å². The zero-order valence-electron chi connectivity index (χ0n) is 20.1. The summed E-state index contributed by atoms with van der Waals surface area (Å²) in [7, 11) is 3.09. The molecule has 1 aliphatic rings. The highest BCUT2D eigenvalue weighted by Gasteiger charge is 2.34. The predicted octanol–water partition coefficient (Wildman–Crippen LogP) is 4.88. The highest BCUT2D eigenvalue weighted by atomic mass is 35.5. The molecule has 1 N–H and O–H groups in total. The van der Waals surface area contributed by atoms with Crippen LogP contribution in [0, 0.1) is 0 Å². The van der Waals surface area contributed by atoms with E-state index in [9.17, 15) is 9.59 Å². The highest BCUT2D eigenvalue weighted by molar-refractivity contribution is 6.33. The molecule has 3 aromatic rings. The van der Waals surface area contributed by atoms with E-state index in [1.165, 1.54) is 7.11 Å². The van der Waals surface area contributed by atoms with Crippen LogP contribution in [0.4, 0.5) is 5.69 Å². The van der Waals surface area contributed by atoms with Crippen molar-refractivity contribution in [1.29, 1.82) is 0 Å². The van der Waals surface area contributed by atoms with Gasteiger partial charge in [0, 0.05) is 18.7 Å². The van der Waals surface area contributed by atoms with Gasteiger partial charge in [0.15, 0.2) is 11.5 Å². The fourth-order valence-corrected chi connectivity index (χ4v) is 4.53. The first-order valence-electron chi connectivity index (χ1n) is 11.6. The van der Waals surface area contributed by atoms with Gasteiger partial charge in [0.1, 0.15) is 0 Å². The first kappa shape index (κ1) is 24.6. The summed E-state index contributed by atoms with van der Waals surface area (Å²) in [4.78, 5) is 28.3. The number of hydrogen-bond donors (Lipinski definition) is 1. The van der Waals surface area contributed by atoms with Crippen molar-refractivity contribution in [2.75, 3.05) is 25.7 Å². The quantitative estimate of drug-likeness (QED) is 0.480. The molecule has 2 aromatic carbocycles. The second-order valence-electron chi connectivity index (χ2n) is 8.31. The Balaban J connectivity index is 1.66. The summed E-state index contributed by atoms with van der Waals surface area (Å²) in [6.45, 7) is 3.23. The zero-order chi connectivity index (χ0) is 24.9. The summed E-state index contributed by atoms with van der Waals surface area (Å²) < 4.78 is 12.6. The van der Waals surface area contributed by atoms with Crippen molar-refractivity contribution in [2.45, 2.75) is 38.8 Å². The lowest BCUT2D eigenvalue weighted by Crippen LogP contribution is -2.41. The maximum absolute atomic E-state index is 13.5. The number of aryl methyl sites for hydroxylation is 1.